The second-order valence-electron chi connectivity index (χ2n) is 19.9. The Morgan fingerprint density at radius 2 is 0.873 bits per heavy atom. The highest BCUT2D eigenvalue weighted by atomic mass is 16.3. The lowest BCUT2D eigenvalue weighted by molar-refractivity contribution is 0.660. The number of para-hydroxylation sites is 1. The Morgan fingerprint density at radius 1 is 0.324 bits per heavy atom. The van der Waals surface area contributed by atoms with Gasteiger partial charge in [0, 0.05) is 49.5 Å². The van der Waals surface area contributed by atoms with E-state index in [9.17, 15) is 0 Å². The Morgan fingerprint density at radius 3 is 1.69 bits per heavy atom. The van der Waals surface area contributed by atoms with Gasteiger partial charge in [-0.05, 0) is 124 Å². The summed E-state index contributed by atoms with van der Waals surface area (Å²) in [5, 5.41) is 16.8. The smallest absolute Gasteiger partial charge is 0.143 e. The lowest BCUT2D eigenvalue weighted by Crippen LogP contribution is -2.17. The zero-order valence-electron chi connectivity index (χ0n) is 39.4. The Hall–Kier alpha value is -8.98. The standard InChI is InChI=1S/C69H45NO/c1-69(2)62-30-15-14-25-54(62)55-36-34-46(40-63(55)69)70(45-33-35-48-44(39-45)32-31-43-19-6-7-20-47(43)48)64-38-37-57-52-23-9-8-21-50(52)51-22-10-12-26-56(51)65(57)66(64)60-41-61-59-29-16-28-49(42-17-4-3-5-18-42)67(59)71-68(61)58-27-13-11-24-53(58)60/h3-41H,1-2H3. The first-order chi connectivity index (χ1) is 35.0. The number of anilines is 3. The molecule has 0 fully saturated rings. The van der Waals surface area contributed by atoms with E-state index in [4.69, 9.17) is 4.42 Å². The molecule has 1 heterocycles. The number of hydrogen-bond donors (Lipinski definition) is 0. The van der Waals surface area contributed by atoms with Crippen molar-refractivity contribution in [1.82, 2.24) is 0 Å². The van der Waals surface area contributed by atoms with Crippen LogP contribution in [0.15, 0.2) is 241 Å². The summed E-state index contributed by atoms with van der Waals surface area (Å²) in [6, 6.07) is 87.8. The van der Waals surface area contributed by atoms with E-state index >= 15 is 0 Å². The van der Waals surface area contributed by atoms with Crippen molar-refractivity contribution in [3.8, 4) is 33.4 Å². The lowest BCUT2D eigenvalue weighted by Gasteiger charge is -2.31. The molecule has 0 atom stereocenters. The third-order valence-corrected chi connectivity index (χ3v) is 15.8. The van der Waals surface area contributed by atoms with E-state index in [1.807, 2.05) is 0 Å². The predicted molar refractivity (Wildman–Crippen MR) is 302 cm³/mol. The highest BCUT2D eigenvalue weighted by Crippen LogP contribution is 2.55. The minimum absolute atomic E-state index is 0.195. The lowest BCUT2D eigenvalue weighted by atomic mass is 9.82. The molecule has 2 heteroatoms. The molecule has 15 rings (SSSR count). The Bertz CT molecular complexity index is 4520. The third-order valence-electron chi connectivity index (χ3n) is 15.8. The Labute approximate surface area is 411 Å². The van der Waals surface area contributed by atoms with Gasteiger partial charge in [0.05, 0.1) is 5.69 Å². The van der Waals surface area contributed by atoms with Gasteiger partial charge < -0.3 is 9.32 Å². The van der Waals surface area contributed by atoms with Crippen molar-refractivity contribution in [3.63, 3.8) is 0 Å². The van der Waals surface area contributed by atoms with Gasteiger partial charge in [0.2, 0.25) is 0 Å². The maximum Gasteiger partial charge on any atom is 0.143 e. The molecular formula is C69H45NO. The van der Waals surface area contributed by atoms with Crippen LogP contribution >= 0.6 is 0 Å². The molecule has 0 unspecified atom stereocenters. The van der Waals surface area contributed by atoms with Crippen molar-refractivity contribution < 1.29 is 4.42 Å². The fourth-order valence-electron chi connectivity index (χ4n) is 12.5. The minimum atomic E-state index is -0.195. The first-order valence-electron chi connectivity index (χ1n) is 24.7. The summed E-state index contributed by atoms with van der Waals surface area (Å²) >= 11 is 0. The van der Waals surface area contributed by atoms with Crippen molar-refractivity contribution in [2.45, 2.75) is 19.3 Å². The van der Waals surface area contributed by atoms with Crippen molar-refractivity contribution in [1.29, 1.82) is 0 Å². The fraction of sp³-hybridized carbons (Fsp3) is 0.0435. The minimum Gasteiger partial charge on any atom is -0.455 e. The van der Waals surface area contributed by atoms with Crippen molar-refractivity contribution in [3.05, 3.63) is 248 Å². The highest BCUT2D eigenvalue weighted by Gasteiger charge is 2.36. The van der Waals surface area contributed by atoms with Gasteiger partial charge in [-0.15, -0.1) is 0 Å². The van der Waals surface area contributed by atoms with Gasteiger partial charge in [0.25, 0.3) is 0 Å². The van der Waals surface area contributed by atoms with E-state index in [-0.39, 0.29) is 5.41 Å². The van der Waals surface area contributed by atoms with Crippen LogP contribution in [0.2, 0.25) is 0 Å². The Balaban J connectivity index is 1.11. The van der Waals surface area contributed by atoms with Gasteiger partial charge in [0.15, 0.2) is 0 Å². The zero-order chi connectivity index (χ0) is 47.0. The monoisotopic (exact) mass is 903 g/mol. The van der Waals surface area contributed by atoms with Gasteiger partial charge in [-0.2, -0.15) is 0 Å². The highest BCUT2D eigenvalue weighted by molar-refractivity contribution is 6.32. The predicted octanol–water partition coefficient (Wildman–Crippen LogP) is 19.6. The maximum atomic E-state index is 7.12. The van der Waals surface area contributed by atoms with Crippen LogP contribution in [0.5, 0.6) is 0 Å². The van der Waals surface area contributed by atoms with Crippen molar-refractivity contribution in [2.24, 2.45) is 0 Å². The fourth-order valence-corrected chi connectivity index (χ4v) is 12.5. The summed E-state index contributed by atoms with van der Waals surface area (Å²) in [6.07, 6.45) is 0. The molecule has 0 spiro atoms. The van der Waals surface area contributed by atoms with Crippen molar-refractivity contribution >= 4 is 104 Å². The molecule has 0 bridgehead atoms. The molecule has 2 nitrogen and oxygen atoms in total. The third kappa shape index (κ3) is 5.76. The van der Waals surface area contributed by atoms with Gasteiger partial charge >= 0.3 is 0 Å². The summed E-state index contributed by atoms with van der Waals surface area (Å²) in [5.41, 5.74) is 14.8. The van der Waals surface area contributed by atoms with Crippen LogP contribution in [-0.4, -0.2) is 0 Å². The van der Waals surface area contributed by atoms with E-state index in [1.165, 1.54) is 81.7 Å². The van der Waals surface area contributed by atoms with Crippen LogP contribution < -0.4 is 4.90 Å². The number of nitrogens with zero attached hydrogens (tertiary/aromatic N) is 1. The molecule has 0 saturated heterocycles. The van der Waals surface area contributed by atoms with Gasteiger partial charge in [0.1, 0.15) is 11.2 Å². The molecule has 71 heavy (non-hydrogen) atoms. The molecule has 0 aliphatic heterocycles. The summed E-state index contributed by atoms with van der Waals surface area (Å²) < 4.78 is 7.12. The molecule has 1 aromatic heterocycles. The maximum absolute atomic E-state index is 7.12. The number of furan rings is 1. The number of fused-ring (bicyclic) bond motifs is 17. The Kier molecular flexibility index (Phi) is 8.45. The number of rotatable bonds is 5. The summed E-state index contributed by atoms with van der Waals surface area (Å²) in [4.78, 5) is 2.55. The molecule has 14 aromatic rings. The SMILES string of the molecule is CC1(C)c2ccccc2-c2ccc(N(c3ccc4c(ccc5ccccc54)c3)c3ccc4c5ccccc5c5ccccc5c4c3-c3cc4c5cccc(-c6ccccc6)c5oc4c4ccccc34)cc21. The number of hydrogen-bond acceptors (Lipinski definition) is 2. The molecule has 13 aromatic carbocycles. The van der Waals surface area contributed by atoms with Crippen LogP contribution in [0.25, 0.3) is 120 Å². The van der Waals surface area contributed by atoms with Crippen LogP contribution in [0.1, 0.15) is 25.0 Å². The van der Waals surface area contributed by atoms with Crippen LogP contribution in [0.4, 0.5) is 17.1 Å². The second-order valence-corrected chi connectivity index (χ2v) is 19.9. The van der Waals surface area contributed by atoms with Crippen LogP contribution in [-0.2, 0) is 5.41 Å². The van der Waals surface area contributed by atoms with E-state index in [2.05, 4.69) is 255 Å². The van der Waals surface area contributed by atoms with Gasteiger partial charge in [-0.25, -0.2) is 0 Å². The average molecular weight is 904 g/mol. The molecule has 1 aliphatic rings. The quantitative estimate of drug-likeness (QED) is 0.160. The topological polar surface area (TPSA) is 16.4 Å². The zero-order valence-corrected chi connectivity index (χ0v) is 39.4. The molecule has 0 saturated carbocycles. The molecular weight excluding hydrogens is 859 g/mol. The van der Waals surface area contributed by atoms with E-state index in [0.717, 1.165) is 66.5 Å². The molecule has 1 aliphatic carbocycles. The van der Waals surface area contributed by atoms with Gasteiger partial charge in [-0.1, -0.05) is 214 Å². The van der Waals surface area contributed by atoms with E-state index in [1.54, 1.807) is 0 Å². The number of benzene rings is 13. The average Bonchev–Trinajstić information content (AvgIpc) is 3.92. The normalized spacial score (nSPS) is 13.0. The molecule has 332 valence electrons. The first-order valence-corrected chi connectivity index (χ1v) is 24.7. The first kappa shape index (κ1) is 40.0. The summed E-state index contributed by atoms with van der Waals surface area (Å²) in [6.45, 7) is 4.76. The second kappa shape index (κ2) is 15.0. The van der Waals surface area contributed by atoms with Crippen LogP contribution in [0, 0.1) is 0 Å². The summed E-state index contributed by atoms with van der Waals surface area (Å²) in [7, 11) is 0. The van der Waals surface area contributed by atoms with Crippen LogP contribution in [0.3, 0.4) is 0 Å². The largest absolute Gasteiger partial charge is 0.455 e. The molecule has 0 radical (unpaired) electrons. The molecule has 0 amide bonds. The van der Waals surface area contributed by atoms with E-state index < -0.39 is 0 Å². The molecule has 0 N–H and O–H groups in total. The van der Waals surface area contributed by atoms with Gasteiger partial charge in [-0.3, -0.25) is 0 Å². The van der Waals surface area contributed by atoms with E-state index in [0.29, 0.717) is 0 Å². The summed E-state index contributed by atoms with van der Waals surface area (Å²) in [5.74, 6) is 0. The van der Waals surface area contributed by atoms with Crippen molar-refractivity contribution in [2.75, 3.05) is 4.90 Å².